The normalized spacial score (nSPS) is 20.6. The topological polar surface area (TPSA) is 35.6 Å². The van der Waals surface area contributed by atoms with Crippen LogP contribution < -0.4 is 5.32 Å². The summed E-state index contributed by atoms with van der Waals surface area (Å²) in [7, 11) is 2.04. The third kappa shape index (κ3) is 5.04. The number of carbonyl (C=O) groups is 1. The van der Waals surface area contributed by atoms with E-state index in [1.165, 1.54) is 19.3 Å². The fraction of sp³-hybridized carbons (Fsp3) is 0.923. The second-order valence-electron chi connectivity index (χ2n) is 4.91. The van der Waals surface area contributed by atoms with Gasteiger partial charge in [0, 0.05) is 25.7 Å². The third-order valence-corrected chi connectivity index (χ3v) is 3.47. The molecule has 0 radical (unpaired) electrons. The molecule has 17 heavy (non-hydrogen) atoms. The number of hydrogen-bond acceptors (Lipinski definition) is 3. The number of piperidine rings is 1. The van der Waals surface area contributed by atoms with Gasteiger partial charge in [0.1, 0.15) is 0 Å². The molecule has 1 amide bonds. The lowest BCUT2D eigenvalue weighted by Gasteiger charge is -2.29. The highest BCUT2D eigenvalue weighted by Gasteiger charge is 2.17. The van der Waals surface area contributed by atoms with Crippen molar-refractivity contribution in [1.29, 1.82) is 0 Å². The van der Waals surface area contributed by atoms with E-state index in [0.29, 0.717) is 12.6 Å². The molecule has 1 rings (SSSR count). The fourth-order valence-corrected chi connectivity index (χ4v) is 2.43. The minimum Gasteiger partial charge on any atom is -0.342 e. The van der Waals surface area contributed by atoms with Crippen LogP contribution in [0.1, 0.15) is 33.1 Å². The van der Waals surface area contributed by atoms with E-state index in [1.54, 1.807) is 0 Å². The first-order valence-corrected chi connectivity index (χ1v) is 6.87. The Hall–Kier alpha value is -0.610. The van der Waals surface area contributed by atoms with Gasteiger partial charge in [-0.05, 0) is 40.3 Å². The van der Waals surface area contributed by atoms with E-state index in [4.69, 9.17) is 0 Å². The first-order valence-electron chi connectivity index (χ1n) is 6.87. The average Bonchev–Trinajstić information content (AvgIpc) is 2.31. The Morgan fingerprint density at radius 3 is 2.53 bits per heavy atom. The van der Waals surface area contributed by atoms with Crippen molar-refractivity contribution in [3.8, 4) is 0 Å². The smallest absolute Gasteiger partial charge is 0.236 e. The van der Waals surface area contributed by atoms with Crippen molar-refractivity contribution in [3.05, 3.63) is 0 Å². The zero-order chi connectivity index (χ0) is 12.7. The highest BCUT2D eigenvalue weighted by molar-refractivity contribution is 5.78. The summed E-state index contributed by atoms with van der Waals surface area (Å²) in [5, 5.41) is 3.51. The van der Waals surface area contributed by atoms with Crippen molar-refractivity contribution >= 4 is 5.91 Å². The van der Waals surface area contributed by atoms with E-state index in [-0.39, 0.29) is 5.91 Å². The van der Waals surface area contributed by atoms with Crippen molar-refractivity contribution in [3.63, 3.8) is 0 Å². The molecule has 4 nitrogen and oxygen atoms in total. The van der Waals surface area contributed by atoms with Crippen LogP contribution in [0.25, 0.3) is 0 Å². The molecule has 0 aromatic carbocycles. The van der Waals surface area contributed by atoms with Crippen LogP contribution in [-0.2, 0) is 4.79 Å². The Morgan fingerprint density at radius 1 is 1.29 bits per heavy atom. The molecule has 1 N–H and O–H groups in total. The molecule has 0 spiro atoms. The molecule has 4 heteroatoms. The highest BCUT2D eigenvalue weighted by Crippen LogP contribution is 2.07. The lowest BCUT2D eigenvalue weighted by atomic mass is 10.0. The van der Waals surface area contributed by atoms with Gasteiger partial charge in [-0.15, -0.1) is 0 Å². The van der Waals surface area contributed by atoms with E-state index in [0.717, 1.165) is 26.2 Å². The summed E-state index contributed by atoms with van der Waals surface area (Å²) in [6, 6.07) is 0.568. The number of rotatable bonds is 6. The van der Waals surface area contributed by atoms with Crippen LogP contribution in [0, 0.1) is 0 Å². The Morgan fingerprint density at radius 2 is 2.00 bits per heavy atom. The average molecular weight is 241 g/mol. The van der Waals surface area contributed by atoms with Gasteiger partial charge in [0.25, 0.3) is 0 Å². The molecule has 0 saturated carbocycles. The SMILES string of the molecule is CCN(CC)C(=O)CN(C)CC1CCCCN1. The van der Waals surface area contributed by atoms with E-state index >= 15 is 0 Å². The second kappa shape index (κ2) is 7.67. The fourth-order valence-electron chi connectivity index (χ4n) is 2.43. The van der Waals surface area contributed by atoms with Crippen LogP contribution in [0.4, 0.5) is 0 Å². The monoisotopic (exact) mass is 241 g/mol. The maximum Gasteiger partial charge on any atom is 0.236 e. The Kier molecular flexibility index (Phi) is 6.52. The largest absolute Gasteiger partial charge is 0.342 e. The molecule has 1 unspecified atom stereocenters. The number of amides is 1. The van der Waals surface area contributed by atoms with Gasteiger partial charge in [-0.2, -0.15) is 0 Å². The van der Waals surface area contributed by atoms with Crippen LogP contribution in [0.3, 0.4) is 0 Å². The predicted molar refractivity (Wildman–Crippen MR) is 71.1 cm³/mol. The third-order valence-electron chi connectivity index (χ3n) is 3.47. The molecule has 0 aromatic heterocycles. The minimum absolute atomic E-state index is 0.244. The van der Waals surface area contributed by atoms with Crippen molar-refractivity contribution in [1.82, 2.24) is 15.1 Å². The first-order chi connectivity index (χ1) is 8.17. The summed E-state index contributed by atoms with van der Waals surface area (Å²) >= 11 is 0. The Bertz CT molecular complexity index is 223. The molecule has 0 aliphatic carbocycles. The highest BCUT2D eigenvalue weighted by atomic mass is 16.2. The molecule has 100 valence electrons. The molecule has 1 saturated heterocycles. The first kappa shape index (κ1) is 14.5. The summed E-state index contributed by atoms with van der Waals surface area (Å²) < 4.78 is 0. The van der Waals surface area contributed by atoms with Crippen LogP contribution >= 0.6 is 0 Å². The van der Waals surface area contributed by atoms with Gasteiger partial charge >= 0.3 is 0 Å². The van der Waals surface area contributed by atoms with Gasteiger partial charge in [0.2, 0.25) is 5.91 Å². The maximum atomic E-state index is 11.9. The van der Waals surface area contributed by atoms with Gasteiger partial charge in [-0.3, -0.25) is 9.69 Å². The predicted octanol–water partition coefficient (Wildman–Crippen LogP) is 0.929. The van der Waals surface area contributed by atoms with E-state index in [9.17, 15) is 4.79 Å². The Labute approximate surface area is 105 Å². The van der Waals surface area contributed by atoms with Crippen molar-refractivity contribution in [2.75, 3.05) is 39.8 Å². The van der Waals surface area contributed by atoms with Gasteiger partial charge in [-0.25, -0.2) is 0 Å². The number of nitrogens with one attached hydrogen (secondary N) is 1. The second-order valence-corrected chi connectivity index (χ2v) is 4.91. The molecular formula is C13H27N3O. The molecule has 0 bridgehead atoms. The minimum atomic E-state index is 0.244. The van der Waals surface area contributed by atoms with Gasteiger partial charge < -0.3 is 10.2 Å². The number of carbonyl (C=O) groups excluding carboxylic acids is 1. The van der Waals surface area contributed by atoms with Crippen molar-refractivity contribution in [2.24, 2.45) is 0 Å². The number of hydrogen-bond donors (Lipinski definition) is 1. The van der Waals surface area contributed by atoms with Crippen LogP contribution in [0.2, 0.25) is 0 Å². The van der Waals surface area contributed by atoms with Crippen LogP contribution in [0.15, 0.2) is 0 Å². The summed E-state index contributed by atoms with van der Waals surface area (Å²) in [5.41, 5.74) is 0. The molecule has 1 aliphatic rings. The maximum absolute atomic E-state index is 11.9. The standard InChI is InChI=1S/C13H27N3O/c1-4-16(5-2)13(17)11-15(3)10-12-8-6-7-9-14-12/h12,14H,4-11H2,1-3H3. The van der Waals surface area contributed by atoms with Crippen molar-refractivity contribution in [2.45, 2.75) is 39.2 Å². The molecule has 1 heterocycles. The molecule has 0 aromatic rings. The zero-order valence-electron chi connectivity index (χ0n) is 11.5. The lowest BCUT2D eigenvalue weighted by Crippen LogP contribution is -2.46. The Balaban J connectivity index is 2.27. The molecule has 1 fully saturated rings. The van der Waals surface area contributed by atoms with Crippen LogP contribution in [-0.4, -0.2) is 61.5 Å². The van der Waals surface area contributed by atoms with Crippen molar-refractivity contribution < 1.29 is 4.79 Å². The van der Waals surface area contributed by atoms with E-state index in [2.05, 4.69) is 10.2 Å². The number of nitrogens with zero attached hydrogens (tertiary/aromatic N) is 2. The van der Waals surface area contributed by atoms with Gasteiger partial charge in [-0.1, -0.05) is 6.42 Å². The summed E-state index contributed by atoms with van der Waals surface area (Å²) in [6.45, 7) is 8.33. The summed E-state index contributed by atoms with van der Waals surface area (Å²) in [6.07, 6.45) is 3.85. The molecule has 1 aliphatic heterocycles. The van der Waals surface area contributed by atoms with Gasteiger partial charge in [0.05, 0.1) is 6.54 Å². The molecular weight excluding hydrogens is 214 g/mol. The summed E-state index contributed by atoms with van der Waals surface area (Å²) in [4.78, 5) is 16.0. The van der Waals surface area contributed by atoms with E-state index in [1.807, 2.05) is 25.8 Å². The zero-order valence-corrected chi connectivity index (χ0v) is 11.5. The molecule has 1 atom stereocenters. The lowest BCUT2D eigenvalue weighted by molar-refractivity contribution is -0.131. The van der Waals surface area contributed by atoms with Crippen LogP contribution in [0.5, 0.6) is 0 Å². The van der Waals surface area contributed by atoms with E-state index < -0.39 is 0 Å². The number of likely N-dealkylation sites (N-methyl/N-ethyl adjacent to an activating group) is 2. The van der Waals surface area contributed by atoms with Gasteiger partial charge in [0.15, 0.2) is 0 Å². The summed E-state index contributed by atoms with van der Waals surface area (Å²) in [5.74, 6) is 0.244. The quantitative estimate of drug-likeness (QED) is 0.751.